The van der Waals surface area contributed by atoms with Gasteiger partial charge in [0.2, 0.25) is 0 Å². The first-order chi connectivity index (χ1) is 8.66. The summed E-state index contributed by atoms with van der Waals surface area (Å²) in [6.07, 6.45) is 0.704. The number of anilines is 1. The number of carbonyl (C=O) groups excluding carboxylic acids is 1. The SMILES string of the molecule is Nc1ccc(Cl)cc1C(=O)NCCc1cscn1. The highest BCUT2D eigenvalue weighted by Crippen LogP contribution is 2.17. The number of nitrogen functional groups attached to an aromatic ring is 1. The van der Waals surface area contributed by atoms with Crippen LogP contribution in [0.2, 0.25) is 5.02 Å². The van der Waals surface area contributed by atoms with Crippen molar-refractivity contribution >= 4 is 34.5 Å². The summed E-state index contributed by atoms with van der Waals surface area (Å²) in [5.41, 5.74) is 9.29. The molecule has 0 aliphatic heterocycles. The van der Waals surface area contributed by atoms with Gasteiger partial charge in [-0.3, -0.25) is 4.79 Å². The van der Waals surface area contributed by atoms with Gasteiger partial charge in [0.25, 0.3) is 5.91 Å². The molecule has 3 N–H and O–H groups in total. The number of amides is 1. The van der Waals surface area contributed by atoms with E-state index in [0.717, 1.165) is 5.69 Å². The summed E-state index contributed by atoms with van der Waals surface area (Å²) >= 11 is 7.37. The molecule has 6 heteroatoms. The van der Waals surface area contributed by atoms with E-state index in [1.165, 1.54) is 11.3 Å². The minimum Gasteiger partial charge on any atom is -0.398 e. The molecule has 94 valence electrons. The van der Waals surface area contributed by atoms with Crippen molar-refractivity contribution in [1.29, 1.82) is 0 Å². The molecule has 1 aromatic carbocycles. The molecule has 1 aromatic heterocycles. The molecule has 0 aliphatic rings. The van der Waals surface area contributed by atoms with Crippen LogP contribution in [0, 0.1) is 0 Å². The van der Waals surface area contributed by atoms with Gasteiger partial charge in [-0.25, -0.2) is 4.98 Å². The lowest BCUT2D eigenvalue weighted by Crippen LogP contribution is -2.26. The maximum Gasteiger partial charge on any atom is 0.253 e. The van der Waals surface area contributed by atoms with Crippen molar-refractivity contribution in [3.63, 3.8) is 0 Å². The summed E-state index contributed by atoms with van der Waals surface area (Å²) in [5.74, 6) is -0.217. The lowest BCUT2D eigenvalue weighted by Gasteiger charge is -2.07. The van der Waals surface area contributed by atoms with Gasteiger partial charge in [-0.1, -0.05) is 11.6 Å². The van der Waals surface area contributed by atoms with Crippen molar-refractivity contribution in [1.82, 2.24) is 10.3 Å². The smallest absolute Gasteiger partial charge is 0.253 e. The number of hydrogen-bond acceptors (Lipinski definition) is 4. The maximum absolute atomic E-state index is 11.9. The number of carbonyl (C=O) groups is 1. The molecule has 2 rings (SSSR count). The molecule has 0 spiro atoms. The summed E-state index contributed by atoms with van der Waals surface area (Å²) in [6.45, 7) is 0.522. The van der Waals surface area contributed by atoms with Crippen LogP contribution in [0.4, 0.5) is 5.69 Å². The van der Waals surface area contributed by atoms with E-state index in [1.54, 1.807) is 23.7 Å². The molecule has 2 aromatic rings. The quantitative estimate of drug-likeness (QED) is 0.846. The van der Waals surface area contributed by atoms with Gasteiger partial charge in [-0.15, -0.1) is 11.3 Å². The number of hydrogen-bond donors (Lipinski definition) is 2. The highest BCUT2D eigenvalue weighted by molar-refractivity contribution is 7.07. The normalized spacial score (nSPS) is 10.3. The maximum atomic E-state index is 11.9. The van der Waals surface area contributed by atoms with E-state index in [2.05, 4.69) is 10.3 Å². The van der Waals surface area contributed by atoms with Gasteiger partial charge in [-0.05, 0) is 18.2 Å². The zero-order valence-electron chi connectivity index (χ0n) is 9.52. The van der Waals surface area contributed by atoms with Crippen LogP contribution in [0.1, 0.15) is 16.1 Å². The Labute approximate surface area is 114 Å². The van der Waals surface area contributed by atoms with Crippen LogP contribution in [0.5, 0.6) is 0 Å². The third-order valence-electron chi connectivity index (χ3n) is 2.41. The fourth-order valence-corrected chi connectivity index (χ4v) is 2.25. The van der Waals surface area contributed by atoms with E-state index in [-0.39, 0.29) is 5.91 Å². The van der Waals surface area contributed by atoms with Crippen LogP contribution >= 0.6 is 22.9 Å². The fourth-order valence-electron chi connectivity index (χ4n) is 1.49. The predicted octanol–water partition coefficient (Wildman–Crippen LogP) is 2.35. The van der Waals surface area contributed by atoms with Crippen LogP contribution in [0.15, 0.2) is 29.1 Å². The molecule has 0 radical (unpaired) electrons. The van der Waals surface area contributed by atoms with Crippen molar-refractivity contribution in [2.24, 2.45) is 0 Å². The van der Waals surface area contributed by atoms with Crippen LogP contribution in [0.3, 0.4) is 0 Å². The Morgan fingerprint density at radius 1 is 1.50 bits per heavy atom. The highest BCUT2D eigenvalue weighted by atomic mass is 35.5. The summed E-state index contributed by atoms with van der Waals surface area (Å²) in [5, 5.41) is 5.24. The van der Waals surface area contributed by atoms with E-state index in [4.69, 9.17) is 17.3 Å². The Bertz CT molecular complexity index is 542. The highest BCUT2D eigenvalue weighted by Gasteiger charge is 2.09. The molecule has 0 aliphatic carbocycles. The third-order valence-corrected chi connectivity index (χ3v) is 3.28. The number of aromatic nitrogens is 1. The number of nitrogens with one attached hydrogen (secondary N) is 1. The molecule has 0 unspecified atom stereocenters. The Hall–Kier alpha value is -1.59. The van der Waals surface area contributed by atoms with Gasteiger partial charge in [0.05, 0.1) is 16.8 Å². The lowest BCUT2D eigenvalue weighted by molar-refractivity contribution is 0.0955. The largest absolute Gasteiger partial charge is 0.398 e. The van der Waals surface area contributed by atoms with E-state index in [1.807, 2.05) is 5.38 Å². The Balaban J connectivity index is 1.93. The van der Waals surface area contributed by atoms with Gasteiger partial charge in [0, 0.05) is 29.1 Å². The van der Waals surface area contributed by atoms with Crippen molar-refractivity contribution in [2.45, 2.75) is 6.42 Å². The fraction of sp³-hybridized carbons (Fsp3) is 0.167. The summed E-state index contributed by atoms with van der Waals surface area (Å²) in [6, 6.07) is 4.84. The van der Waals surface area contributed by atoms with Crippen molar-refractivity contribution in [2.75, 3.05) is 12.3 Å². The zero-order chi connectivity index (χ0) is 13.0. The van der Waals surface area contributed by atoms with Gasteiger partial charge < -0.3 is 11.1 Å². The molecular weight excluding hydrogens is 270 g/mol. The van der Waals surface area contributed by atoms with Crippen molar-refractivity contribution in [3.8, 4) is 0 Å². The summed E-state index contributed by atoms with van der Waals surface area (Å²) in [4.78, 5) is 16.0. The first-order valence-electron chi connectivity index (χ1n) is 5.37. The predicted molar refractivity (Wildman–Crippen MR) is 74.0 cm³/mol. The van der Waals surface area contributed by atoms with E-state index >= 15 is 0 Å². The molecular formula is C12H12ClN3OS. The lowest BCUT2D eigenvalue weighted by atomic mass is 10.1. The van der Waals surface area contributed by atoms with Crippen LogP contribution in [0.25, 0.3) is 0 Å². The average molecular weight is 282 g/mol. The molecule has 0 atom stereocenters. The number of nitrogens with zero attached hydrogens (tertiary/aromatic N) is 1. The minimum absolute atomic E-state index is 0.217. The number of benzene rings is 1. The monoisotopic (exact) mass is 281 g/mol. The molecule has 0 saturated carbocycles. The van der Waals surface area contributed by atoms with E-state index < -0.39 is 0 Å². The Kier molecular flexibility index (Phi) is 4.17. The van der Waals surface area contributed by atoms with Crippen molar-refractivity contribution < 1.29 is 4.79 Å². The second kappa shape index (κ2) is 5.84. The number of rotatable bonds is 4. The Morgan fingerprint density at radius 3 is 3.06 bits per heavy atom. The van der Waals surface area contributed by atoms with Gasteiger partial charge in [-0.2, -0.15) is 0 Å². The van der Waals surface area contributed by atoms with Crippen LogP contribution in [-0.4, -0.2) is 17.4 Å². The van der Waals surface area contributed by atoms with E-state index in [0.29, 0.717) is 29.2 Å². The van der Waals surface area contributed by atoms with Gasteiger partial charge >= 0.3 is 0 Å². The molecule has 0 fully saturated rings. The first-order valence-corrected chi connectivity index (χ1v) is 6.69. The second-order valence-corrected chi connectivity index (χ2v) is 4.87. The number of nitrogens with two attached hydrogens (primary N) is 1. The molecule has 0 bridgehead atoms. The third kappa shape index (κ3) is 3.21. The molecule has 4 nitrogen and oxygen atoms in total. The topological polar surface area (TPSA) is 68.0 Å². The average Bonchev–Trinajstić information content (AvgIpc) is 2.85. The van der Waals surface area contributed by atoms with E-state index in [9.17, 15) is 4.79 Å². The first kappa shape index (κ1) is 12.9. The molecule has 18 heavy (non-hydrogen) atoms. The number of thiazole rings is 1. The second-order valence-electron chi connectivity index (χ2n) is 3.72. The van der Waals surface area contributed by atoms with Crippen LogP contribution in [-0.2, 0) is 6.42 Å². The van der Waals surface area contributed by atoms with Gasteiger partial charge in [0.15, 0.2) is 0 Å². The number of halogens is 1. The van der Waals surface area contributed by atoms with Gasteiger partial charge in [0.1, 0.15) is 0 Å². The molecule has 0 saturated heterocycles. The molecule has 1 heterocycles. The summed E-state index contributed by atoms with van der Waals surface area (Å²) in [7, 11) is 0. The van der Waals surface area contributed by atoms with Crippen LogP contribution < -0.4 is 11.1 Å². The van der Waals surface area contributed by atoms with Crippen molar-refractivity contribution in [3.05, 3.63) is 45.4 Å². The molecule has 1 amide bonds. The standard InChI is InChI=1S/C12H12ClN3OS/c13-8-1-2-11(14)10(5-8)12(17)15-4-3-9-6-18-7-16-9/h1-2,5-7H,3-4,14H2,(H,15,17). The summed E-state index contributed by atoms with van der Waals surface area (Å²) < 4.78 is 0. The zero-order valence-corrected chi connectivity index (χ0v) is 11.1. The minimum atomic E-state index is -0.217. The Morgan fingerprint density at radius 2 is 2.33 bits per heavy atom.